The molecule has 1 nitrogen and oxygen atoms in total. The third-order valence-corrected chi connectivity index (χ3v) is 2.50. The second-order valence-electron chi connectivity index (χ2n) is 3.48. The lowest BCUT2D eigenvalue weighted by molar-refractivity contribution is 0.606. The Kier molecular flexibility index (Phi) is 1.82. The molecule has 1 heterocycles. The summed E-state index contributed by atoms with van der Waals surface area (Å²) in [6.45, 7) is 0. The highest BCUT2D eigenvalue weighted by molar-refractivity contribution is 5.83. The first kappa shape index (κ1) is 8.30. The highest BCUT2D eigenvalue weighted by atomic mass is 16.3. The van der Waals surface area contributed by atoms with Gasteiger partial charge < -0.3 is 4.42 Å². The SMILES string of the molecule is [c]1cc2cc(-c3ccccc3)ccc2o1. The van der Waals surface area contributed by atoms with Crippen molar-refractivity contribution in [3.8, 4) is 11.1 Å². The molecule has 0 N–H and O–H groups in total. The quantitative estimate of drug-likeness (QED) is 0.571. The molecule has 0 bridgehead atoms. The smallest absolute Gasteiger partial charge is 0.170 e. The largest absolute Gasteiger partial charge is 0.453 e. The van der Waals surface area contributed by atoms with Gasteiger partial charge in [0.15, 0.2) is 6.26 Å². The van der Waals surface area contributed by atoms with E-state index in [2.05, 4.69) is 30.5 Å². The molecule has 1 heteroatoms. The van der Waals surface area contributed by atoms with Crippen LogP contribution in [0.4, 0.5) is 0 Å². The van der Waals surface area contributed by atoms with Crippen LogP contribution in [0, 0.1) is 6.26 Å². The van der Waals surface area contributed by atoms with Crippen LogP contribution < -0.4 is 0 Å². The highest BCUT2D eigenvalue weighted by Gasteiger charge is 2.00. The van der Waals surface area contributed by atoms with Gasteiger partial charge in [0.2, 0.25) is 0 Å². The third kappa shape index (κ3) is 1.42. The van der Waals surface area contributed by atoms with E-state index in [1.807, 2.05) is 30.3 Å². The second-order valence-corrected chi connectivity index (χ2v) is 3.48. The molecule has 1 aromatic heterocycles. The number of furan rings is 1. The van der Waals surface area contributed by atoms with Gasteiger partial charge in [0.1, 0.15) is 5.58 Å². The number of hydrogen-bond acceptors (Lipinski definition) is 1. The van der Waals surface area contributed by atoms with E-state index in [4.69, 9.17) is 4.42 Å². The molecule has 0 amide bonds. The van der Waals surface area contributed by atoms with E-state index in [0.29, 0.717) is 0 Å². The Balaban J connectivity index is 2.19. The van der Waals surface area contributed by atoms with Crippen LogP contribution in [0.15, 0.2) is 59.0 Å². The Bertz CT molecular complexity index is 578. The monoisotopic (exact) mass is 193 g/mol. The average molecular weight is 193 g/mol. The predicted molar refractivity (Wildman–Crippen MR) is 60.5 cm³/mol. The first-order chi connectivity index (χ1) is 7.43. The van der Waals surface area contributed by atoms with Crippen molar-refractivity contribution < 1.29 is 4.42 Å². The van der Waals surface area contributed by atoms with E-state index >= 15 is 0 Å². The molecule has 0 aliphatic heterocycles. The summed E-state index contributed by atoms with van der Waals surface area (Å²) in [4.78, 5) is 0. The molecule has 2 aromatic carbocycles. The van der Waals surface area contributed by atoms with Crippen molar-refractivity contribution >= 4 is 11.0 Å². The zero-order chi connectivity index (χ0) is 10.1. The molecule has 0 saturated heterocycles. The van der Waals surface area contributed by atoms with E-state index in [1.165, 1.54) is 11.1 Å². The summed E-state index contributed by atoms with van der Waals surface area (Å²) in [5, 5.41) is 1.09. The first-order valence-corrected chi connectivity index (χ1v) is 4.88. The van der Waals surface area contributed by atoms with Gasteiger partial charge in [-0.2, -0.15) is 0 Å². The van der Waals surface area contributed by atoms with E-state index in [9.17, 15) is 0 Å². The van der Waals surface area contributed by atoms with Crippen LogP contribution in [-0.2, 0) is 0 Å². The summed E-state index contributed by atoms with van der Waals surface area (Å²) in [5.74, 6) is 0. The fourth-order valence-electron chi connectivity index (χ4n) is 1.72. The molecule has 0 fully saturated rings. The van der Waals surface area contributed by atoms with Crippen molar-refractivity contribution in [1.29, 1.82) is 0 Å². The lowest BCUT2D eigenvalue weighted by Gasteiger charge is -2.00. The summed E-state index contributed by atoms with van der Waals surface area (Å²) >= 11 is 0. The van der Waals surface area contributed by atoms with Crippen molar-refractivity contribution in [2.24, 2.45) is 0 Å². The zero-order valence-corrected chi connectivity index (χ0v) is 8.10. The molecule has 0 saturated carbocycles. The third-order valence-electron chi connectivity index (χ3n) is 2.50. The summed E-state index contributed by atoms with van der Waals surface area (Å²) in [5.41, 5.74) is 3.31. The van der Waals surface area contributed by atoms with E-state index in [-0.39, 0.29) is 0 Å². The predicted octanol–water partition coefficient (Wildman–Crippen LogP) is 3.90. The van der Waals surface area contributed by atoms with Crippen molar-refractivity contribution in [2.75, 3.05) is 0 Å². The minimum absolute atomic E-state index is 0.884. The lowest BCUT2D eigenvalue weighted by Crippen LogP contribution is -1.75. The van der Waals surface area contributed by atoms with Gasteiger partial charge in [0.25, 0.3) is 0 Å². The van der Waals surface area contributed by atoms with Crippen LogP contribution in [0.25, 0.3) is 22.1 Å². The van der Waals surface area contributed by atoms with Gasteiger partial charge >= 0.3 is 0 Å². The van der Waals surface area contributed by atoms with E-state index < -0.39 is 0 Å². The van der Waals surface area contributed by atoms with E-state index in [1.54, 1.807) is 0 Å². The molecule has 0 unspecified atom stereocenters. The molecule has 0 aliphatic rings. The molecule has 71 valence electrons. The number of hydrogen-bond donors (Lipinski definition) is 0. The van der Waals surface area contributed by atoms with Crippen LogP contribution in [-0.4, -0.2) is 0 Å². The first-order valence-electron chi connectivity index (χ1n) is 4.88. The van der Waals surface area contributed by atoms with Crippen molar-refractivity contribution in [3.05, 3.63) is 60.9 Å². The Morgan fingerprint density at radius 2 is 1.73 bits per heavy atom. The Morgan fingerprint density at radius 3 is 2.60 bits per heavy atom. The Morgan fingerprint density at radius 1 is 0.867 bits per heavy atom. The minimum Gasteiger partial charge on any atom is -0.453 e. The average Bonchev–Trinajstić information content (AvgIpc) is 2.77. The Labute approximate surface area is 88.0 Å². The van der Waals surface area contributed by atoms with Gasteiger partial charge in [-0.05, 0) is 29.3 Å². The van der Waals surface area contributed by atoms with Crippen molar-refractivity contribution in [3.63, 3.8) is 0 Å². The standard InChI is InChI=1S/C14H9O/c1-2-4-11(5-3-1)12-6-7-14-13(10-12)8-9-15-14/h1-8,10H. The fraction of sp³-hybridized carbons (Fsp3) is 0. The van der Waals surface area contributed by atoms with Gasteiger partial charge in [-0.1, -0.05) is 36.4 Å². The maximum atomic E-state index is 5.18. The summed E-state index contributed by atoms with van der Waals surface area (Å²) in [6.07, 6.45) is 2.74. The van der Waals surface area contributed by atoms with Gasteiger partial charge in [-0.3, -0.25) is 0 Å². The molecular weight excluding hydrogens is 184 g/mol. The van der Waals surface area contributed by atoms with Gasteiger partial charge in [-0.15, -0.1) is 0 Å². The van der Waals surface area contributed by atoms with Crippen LogP contribution in [0.2, 0.25) is 0 Å². The van der Waals surface area contributed by atoms with Crippen LogP contribution in [0.5, 0.6) is 0 Å². The maximum absolute atomic E-state index is 5.18. The maximum Gasteiger partial charge on any atom is 0.170 e. The molecular formula is C14H9O. The summed E-state index contributed by atoms with van der Waals surface area (Å²) in [7, 11) is 0. The number of fused-ring (bicyclic) bond motifs is 1. The zero-order valence-electron chi connectivity index (χ0n) is 8.10. The van der Waals surface area contributed by atoms with Crippen molar-refractivity contribution in [2.45, 2.75) is 0 Å². The van der Waals surface area contributed by atoms with Crippen molar-refractivity contribution in [1.82, 2.24) is 0 Å². The van der Waals surface area contributed by atoms with Gasteiger partial charge in [0.05, 0.1) is 0 Å². The molecule has 15 heavy (non-hydrogen) atoms. The minimum atomic E-state index is 0.884. The van der Waals surface area contributed by atoms with E-state index in [0.717, 1.165) is 11.0 Å². The Hall–Kier alpha value is -2.02. The number of benzene rings is 2. The van der Waals surface area contributed by atoms with Crippen LogP contribution in [0.1, 0.15) is 0 Å². The molecule has 0 aliphatic carbocycles. The number of rotatable bonds is 1. The van der Waals surface area contributed by atoms with Gasteiger partial charge in [0, 0.05) is 5.39 Å². The summed E-state index contributed by atoms with van der Waals surface area (Å²) < 4.78 is 5.18. The highest BCUT2D eigenvalue weighted by Crippen LogP contribution is 2.24. The molecule has 0 spiro atoms. The molecule has 3 rings (SSSR count). The molecule has 1 radical (unpaired) electrons. The topological polar surface area (TPSA) is 13.1 Å². The van der Waals surface area contributed by atoms with Crippen LogP contribution >= 0.6 is 0 Å². The van der Waals surface area contributed by atoms with Gasteiger partial charge in [-0.25, -0.2) is 0 Å². The lowest BCUT2D eigenvalue weighted by atomic mass is 10.0. The molecule has 3 aromatic rings. The molecule has 0 atom stereocenters. The second kappa shape index (κ2) is 3.28. The fourth-order valence-corrected chi connectivity index (χ4v) is 1.72. The van der Waals surface area contributed by atoms with Crippen LogP contribution in [0.3, 0.4) is 0 Å². The summed E-state index contributed by atoms with van der Waals surface area (Å²) in [6, 6.07) is 18.3. The normalized spacial score (nSPS) is 10.7.